The monoisotopic (exact) mass is 596 g/mol. The Hall–Kier alpha value is -4.90. The number of carboxylic acids is 4. The Kier molecular flexibility index (Phi) is 19.3. The van der Waals surface area contributed by atoms with Crippen molar-refractivity contribution in [3.63, 3.8) is 0 Å². The van der Waals surface area contributed by atoms with Crippen LogP contribution in [0.4, 0.5) is 0 Å². The smallest absolute Gasteiger partial charge is 0.346 e. The molecule has 6 N–H and O–H groups in total. The molecule has 0 aromatic heterocycles. The zero-order valence-electron chi connectivity index (χ0n) is 22.3. The molecule has 230 valence electrons. The predicted octanol–water partition coefficient (Wildman–Crippen LogP) is 0.419. The average Bonchev–Trinajstić information content (AvgIpc) is 2.92. The number of aliphatic carboxylic acids is 4. The van der Waals surface area contributed by atoms with Crippen molar-refractivity contribution in [2.75, 3.05) is 39.3 Å². The van der Waals surface area contributed by atoms with Gasteiger partial charge in [0.15, 0.2) is 0 Å². The predicted molar refractivity (Wildman–Crippen MR) is 141 cm³/mol. The number of carbonyl (C=O) groups excluding carboxylic acids is 2. The summed E-state index contributed by atoms with van der Waals surface area (Å²) in [6.45, 7) is -2.25. The molecule has 16 heteroatoms. The topological polar surface area (TPSA) is 249 Å². The fraction of sp³-hybridized carbons (Fsp3) is 0.308. The van der Waals surface area contributed by atoms with Gasteiger partial charge in [-0.3, -0.25) is 29.0 Å². The molecule has 0 radical (unpaired) electrons. The first-order chi connectivity index (χ1) is 19.9. The molecule has 0 saturated carbocycles. The molecule has 0 aliphatic rings. The molecule has 0 spiro atoms. The standard InChI is InChI=1S/C10H16N2O8.2C8H8O3/c13-7(14)3-11(4-8(15)16)1-2-12(5-9(17)18)6-10(19)20;2*9-8(11-10)6-7-4-2-1-3-5-7/h1-6H2,(H,13,14)(H,15,16)(H,17,18)(H,19,20);2*1-5,10H,6H2. The summed E-state index contributed by atoms with van der Waals surface area (Å²) < 4.78 is 0. The Morgan fingerprint density at radius 3 is 0.976 bits per heavy atom. The van der Waals surface area contributed by atoms with Crippen molar-refractivity contribution in [1.29, 1.82) is 0 Å². The number of carboxylic acid groups (broad SMARTS) is 4. The molecule has 0 unspecified atom stereocenters. The molecule has 0 aliphatic heterocycles. The Morgan fingerprint density at radius 1 is 0.500 bits per heavy atom. The van der Waals surface area contributed by atoms with E-state index in [2.05, 4.69) is 9.78 Å². The maximum atomic E-state index is 10.6. The van der Waals surface area contributed by atoms with Gasteiger partial charge >= 0.3 is 35.8 Å². The van der Waals surface area contributed by atoms with Crippen molar-refractivity contribution >= 4 is 35.8 Å². The summed E-state index contributed by atoms with van der Waals surface area (Å²) >= 11 is 0. The van der Waals surface area contributed by atoms with Gasteiger partial charge in [-0.2, -0.15) is 10.5 Å². The van der Waals surface area contributed by atoms with Crippen LogP contribution in [-0.4, -0.2) is 116 Å². The van der Waals surface area contributed by atoms with Crippen LogP contribution in [-0.2, 0) is 51.4 Å². The van der Waals surface area contributed by atoms with E-state index in [1.165, 1.54) is 0 Å². The Labute approximate surface area is 239 Å². The molecule has 0 atom stereocenters. The lowest BCUT2D eigenvalue weighted by molar-refractivity contribution is -0.233. The largest absolute Gasteiger partial charge is 0.480 e. The normalized spacial score (nSPS) is 9.90. The van der Waals surface area contributed by atoms with Gasteiger partial charge in [0.05, 0.1) is 39.0 Å². The summed E-state index contributed by atoms with van der Waals surface area (Å²) in [7, 11) is 0. The highest BCUT2D eigenvalue weighted by atomic mass is 17.1. The first kappa shape index (κ1) is 37.1. The van der Waals surface area contributed by atoms with E-state index >= 15 is 0 Å². The molecule has 2 aromatic carbocycles. The van der Waals surface area contributed by atoms with Crippen molar-refractivity contribution in [2.24, 2.45) is 0 Å². The van der Waals surface area contributed by atoms with Crippen LogP contribution in [0, 0.1) is 0 Å². The van der Waals surface area contributed by atoms with Gasteiger partial charge in [0, 0.05) is 13.1 Å². The molecule has 2 rings (SSSR count). The Balaban J connectivity index is 0.000000645. The third-order valence-corrected chi connectivity index (χ3v) is 4.75. The molecule has 0 amide bonds. The van der Waals surface area contributed by atoms with Crippen molar-refractivity contribution in [1.82, 2.24) is 9.80 Å². The number of rotatable bonds is 15. The molecule has 0 saturated heterocycles. The van der Waals surface area contributed by atoms with E-state index in [4.69, 9.17) is 30.9 Å². The molecule has 0 bridgehead atoms. The number of carbonyl (C=O) groups is 6. The minimum Gasteiger partial charge on any atom is -0.480 e. The van der Waals surface area contributed by atoms with Crippen molar-refractivity contribution in [3.05, 3.63) is 71.8 Å². The second kappa shape index (κ2) is 21.9. The van der Waals surface area contributed by atoms with Crippen LogP contribution in [0.5, 0.6) is 0 Å². The lowest BCUT2D eigenvalue weighted by Gasteiger charge is -2.23. The molecule has 0 heterocycles. The van der Waals surface area contributed by atoms with Gasteiger partial charge in [-0.1, -0.05) is 60.7 Å². The summed E-state index contributed by atoms with van der Waals surface area (Å²) in [6, 6.07) is 18.1. The van der Waals surface area contributed by atoms with Crippen LogP contribution in [0.15, 0.2) is 60.7 Å². The third kappa shape index (κ3) is 21.0. The fourth-order valence-electron chi connectivity index (χ4n) is 3.07. The van der Waals surface area contributed by atoms with Gasteiger partial charge in [0.25, 0.3) is 0 Å². The summed E-state index contributed by atoms with van der Waals surface area (Å²) in [4.78, 5) is 72.4. The van der Waals surface area contributed by atoms with Crippen LogP contribution in [0.3, 0.4) is 0 Å². The van der Waals surface area contributed by atoms with Crippen LogP contribution < -0.4 is 0 Å². The lowest BCUT2D eigenvalue weighted by atomic mass is 10.2. The van der Waals surface area contributed by atoms with Crippen molar-refractivity contribution in [2.45, 2.75) is 12.8 Å². The number of hydrogen-bond acceptors (Lipinski definition) is 12. The van der Waals surface area contributed by atoms with Crippen molar-refractivity contribution < 1.29 is 69.5 Å². The molecule has 42 heavy (non-hydrogen) atoms. The lowest BCUT2D eigenvalue weighted by Crippen LogP contribution is -2.43. The molecule has 2 aromatic rings. The SMILES string of the molecule is O=C(Cc1ccccc1)OO.O=C(Cc1ccccc1)OO.O=C(O)CN(CCN(CC(=O)O)CC(=O)O)CC(=O)O. The minimum absolute atomic E-state index is 0.0703. The summed E-state index contributed by atoms with van der Waals surface area (Å²) in [5.41, 5.74) is 1.65. The third-order valence-electron chi connectivity index (χ3n) is 4.75. The van der Waals surface area contributed by atoms with Crippen molar-refractivity contribution in [3.8, 4) is 0 Å². The van der Waals surface area contributed by atoms with Gasteiger partial charge < -0.3 is 30.2 Å². The van der Waals surface area contributed by atoms with Crippen LogP contribution in [0.25, 0.3) is 0 Å². The maximum Gasteiger partial charge on any atom is 0.346 e. The van der Waals surface area contributed by atoms with Crippen LogP contribution >= 0.6 is 0 Å². The van der Waals surface area contributed by atoms with E-state index in [0.29, 0.717) is 0 Å². The summed E-state index contributed by atoms with van der Waals surface area (Å²) in [5, 5.41) is 50.4. The highest BCUT2D eigenvalue weighted by Gasteiger charge is 2.18. The quantitative estimate of drug-likeness (QED) is 0.120. The van der Waals surface area contributed by atoms with E-state index in [9.17, 15) is 28.8 Å². The molecule has 0 fully saturated rings. The highest BCUT2D eigenvalue weighted by molar-refractivity contribution is 5.74. The molecule has 0 aliphatic carbocycles. The first-order valence-corrected chi connectivity index (χ1v) is 11.9. The zero-order chi connectivity index (χ0) is 31.9. The van der Waals surface area contributed by atoms with E-state index in [1.807, 2.05) is 36.4 Å². The number of benzene rings is 2. The van der Waals surface area contributed by atoms with Gasteiger partial charge in [-0.25, -0.2) is 9.59 Å². The Morgan fingerprint density at radius 2 is 0.762 bits per heavy atom. The molecular weight excluding hydrogens is 564 g/mol. The number of hydrogen-bond donors (Lipinski definition) is 6. The Bertz CT molecular complexity index is 1010. The van der Waals surface area contributed by atoms with E-state index < -0.39 is 62.0 Å². The first-order valence-electron chi connectivity index (χ1n) is 11.9. The van der Waals surface area contributed by atoms with Gasteiger partial charge in [-0.15, -0.1) is 0 Å². The fourth-order valence-corrected chi connectivity index (χ4v) is 3.07. The van der Waals surface area contributed by atoms with E-state index in [1.54, 1.807) is 24.3 Å². The maximum absolute atomic E-state index is 10.6. The van der Waals surface area contributed by atoms with Gasteiger partial charge in [-0.05, 0) is 11.1 Å². The molecule has 16 nitrogen and oxygen atoms in total. The minimum atomic E-state index is -1.23. The zero-order valence-corrected chi connectivity index (χ0v) is 22.3. The summed E-state index contributed by atoms with van der Waals surface area (Å²) in [6.07, 6.45) is 0.217. The summed E-state index contributed by atoms with van der Waals surface area (Å²) in [5.74, 6) is -6.19. The van der Waals surface area contributed by atoms with Crippen LogP contribution in [0.2, 0.25) is 0 Å². The molecular formula is C26H32N2O14. The number of nitrogens with zero attached hydrogens (tertiary/aromatic N) is 2. The highest BCUT2D eigenvalue weighted by Crippen LogP contribution is 2.00. The van der Waals surface area contributed by atoms with Gasteiger partial charge in [0.1, 0.15) is 0 Å². The van der Waals surface area contributed by atoms with E-state index in [-0.39, 0.29) is 25.9 Å². The van der Waals surface area contributed by atoms with E-state index in [0.717, 1.165) is 20.9 Å². The van der Waals surface area contributed by atoms with Gasteiger partial charge in [0.2, 0.25) is 0 Å². The second-order valence-corrected chi connectivity index (χ2v) is 8.25. The average molecular weight is 597 g/mol. The van der Waals surface area contributed by atoms with Crippen LogP contribution in [0.1, 0.15) is 11.1 Å². The second-order valence-electron chi connectivity index (χ2n) is 8.25.